The van der Waals surface area contributed by atoms with Gasteiger partial charge in [0, 0.05) is 42.0 Å². The lowest BCUT2D eigenvalue weighted by Gasteiger charge is -2.34. The monoisotopic (exact) mass is 258 g/mol. The Morgan fingerprint density at radius 2 is 2.50 bits per heavy atom. The Labute approximate surface area is 74.7 Å². The van der Waals surface area contributed by atoms with Crippen LogP contribution in [0.15, 0.2) is 0 Å². The minimum absolute atomic E-state index is 0.0330. The first-order valence-electron chi connectivity index (χ1n) is 3.47. The van der Waals surface area contributed by atoms with Crippen molar-refractivity contribution in [2.45, 2.75) is 19.0 Å². The molecular weight excluding hydrogens is 246 g/mol. The third-order valence-electron chi connectivity index (χ3n) is 1.92. The summed E-state index contributed by atoms with van der Waals surface area (Å²) in [6, 6.07) is 0.352. The van der Waals surface area contributed by atoms with Gasteiger partial charge >= 0.3 is 0 Å². The van der Waals surface area contributed by atoms with Crippen LogP contribution in [0.1, 0.15) is 6.92 Å². The fourth-order valence-corrected chi connectivity index (χ4v) is 1.74. The van der Waals surface area contributed by atoms with Crippen LogP contribution in [-0.2, 0) is 0 Å². The average Bonchev–Trinajstić information content (AvgIpc) is 1.95. The van der Waals surface area contributed by atoms with Crippen molar-refractivity contribution < 1.29 is 4.39 Å². The van der Waals surface area contributed by atoms with Crippen LogP contribution in [0.2, 0.25) is 0 Å². The molecular formula is C6H12FIN2. The summed E-state index contributed by atoms with van der Waals surface area (Å²) in [4.78, 5) is 0. The van der Waals surface area contributed by atoms with Gasteiger partial charge in [0.2, 0.25) is 0 Å². The Bertz CT molecular complexity index is 112. The average molecular weight is 258 g/mol. The van der Waals surface area contributed by atoms with Gasteiger partial charge in [-0.3, -0.25) is 0 Å². The summed E-state index contributed by atoms with van der Waals surface area (Å²) in [6.07, 6.45) is 0. The van der Waals surface area contributed by atoms with Gasteiger partial charge in [0.25, 0.3) is 0 Å². The molecule has 0 aromatic rings. The molecule has 2 atom stereocenters. The fraction of sp³-hybridized carbons (Fsp3) is 1.00. The van der Waals surface area contributed by atoms with E-state index in [4.69, 9.17) is 0 Å². The van der Waals surface area contributed by atoms with E-state index in [2.05, 4.69) is 31.3 Å². The number of rotatable bonds is 1. The molecule has 0 bridgehead atoms. The smallest absolute Gasteiger partial charge is 0.106 e. The maximum Gasteiger partial charge on any atom is 0.106 e. The first-order valence-corrected chi connectivity index (χ1v) is 4.44. The maximum atomic E-state index is 12.2. The van der Waals surface area contributed by atoms with Gasteiger partial charge in [0.05, 0.1) is 6.04 Å². The molecule has 0 radical (unpaired) electrons. The lowest BCUT2D eigenvalue weighted by atomic mass is 10.1. The van der Waals surface area contributed by atoms with Gasteiger partial charge in [0.15, 0.2) is 0 Å². The summed E-state index contributed by atoms with van der Waals surface area (Å²) in [6.45, 7) is 3.70. The highest BCUT2D eigenvalue weighted by Gasteiger charge is 2.25. The molecule has 0 aromatic carbocycles. The molecule has 1 heterocycles. The predicted molar refractivity (Wildman–Crippen MR) is 48.0 cm³/mol. The Morgan fingerprint density at radius 3 is 3.00 bits per heavy atom. The van der Waals surface area contributed by atoms with E-state index in [9.17, 15) is 4.39 Å². The van der Waals surface area contributed by atoms with Crippen LogP contribution >= 0.6 is 22.9 Å². The summed E-state index contributed by atoms with van der Waals surface area (Å²) in [5.41, 5.74) is 0. The van der Waals surface area contributed by atoms with Crippen molar-refractivity contribution in [2.75, 3.05) is 19.8 Å². The lowest BCUT2D eigenvalue weighted by Crippen LogP contribution is -2.53. The van der Waals surface area contributed by atoms with Crippen molar-refractivity contribution in [1.29, 1.82) is 0 Å². The molecule has 1 fully saturated rings. The van der Waals surface area contributed by atoms with Crippen molar-refractivity contribution in [2.24, 2.45) is 0 Å². The molecule has 2 unspecified atom stereocenters. The molecule has 0 aromatic heterocycles. The number of hydrogen-bond donors (Lipinski definition) is 1. The highest BCUT2D eigenvalue weighted by Crippen LogP contribution is 2.13. The highest BCUT2D eigenvalue weighted by molar-refractivity contribution is 14.1. The summed E-state index contributed by atoms with van der Waals surface area (Å²) < 4.78 is 14.4. The highest BCUT2D eigenvalue weighted by atomic mass is 127. The number of nitrogens with zero attached hydrogens (tertiary/aromatic N) is 1. The molecule has 1 saturated heterocycles. The number of hydrogen-bond acceptors (Lipinski definition) is 2. The van der Waals surface area contributed by atoms with Crippen LogP contribution < -0.4 is 5.32 Å². The van der Waals surface area contributed by atoms with Crippen molar-refractivity contribution in [1.82, 2.24) is 8.43 Å². The van der Waals surface area contributed by atoms with Crippen molar-refractivity contribution in [3.8, 4) is 0 Å². The summed E-state index contributed by atoms with van der Waals surface area (Å²) in [7, 11) is 0. The zero-order chi connectivity index (χ0) is 7.56. The van der Waals surface area contributed by atoms with Crippen LogP contribution in [0.4, 0.5) is 4.39 Å². The molecule has 2 nitrogen and oxygen atoms in total. The minimum atomic E-state index is -0.263. The molecule has 60 valence electrons. The molecule has 0 aliphatic carbocycles. The second-order valence-corrected chi connectivity index (χ2v) is 3.82. The van der Waals surface area contributed by atoms with Crippen molar-refractivity contribution in [3.05, 3.63) is 0 Å². The van der Waals surface area contributed by atoms with Crippen molar-refractivity contribution in [3.63, 3.8) is 0 Å². The fourth-order valence-electron chi connectivity index (χ4n) is 1.11. The Kier molecular flexibility index (Phi) is 3.32. The number of piperazine rings is 1. The van der Waals surface area contributed by atoms with Crippen LogP contribution in [0, 0.1) is 0 Å². The van der Waals surface area contributed by atoms with Crippen LogP contribution in [-0.4, -0.2) is 35.0 Å². The van der Waals surface area contributed by atoms with Gasteiger partial charge in [-0.25, -0.2) is 7.50 Å². The second-order valence-electron chi connectivity index (χ2n) is 2.58. The predicted octanol–water partition coefficient (Wildman–Crippen LogP) is 0.968. The van der Waals surface area contributed by atoms with E-state index in [0.29, 0.717) is 6.04 Å². The Hall–Kier alpha value is 0.580. The van der Waals surface area contributed by atoms with Gasteiger partial charge in [-0.1, -0.05) is 0 Å². The first kappa shape index (κ1) is 8.67. The van der Waals surface area contributed by atoms with Crippen LogP contribution in [0.25, 0.3) is 0 Å². The molecule has 0 spiro atoms. The van der Waals surface area contributed by atoms with Crippen molar-refractivity contribution >= 4 is 22.9 Å². The van der Waals surface area contributed by atoms with E-state index in [1.165, 1.54) is 0 Å². The minimum Gasteiger partial charge on any atom is -0.309 e. The van der Waals surface area contributed by atoms with Gasteiger partial charge in [-0.15, -0.1) is 0 Å². The molecule has 4 heteroatoms. The number of halogens is 2. The van der Waals surface area contributed by atoms with Crippen LogP contribution in [0.5, 0.6) is 0 Å². The maximum absolute atomic E-state index is 12.2. The van der Waals surface area contributed by atoms with E-state index in [1.807, 2.05) is 6.92 Å². The first-order chi connectivity index (χ1) is 4.75. The number of alkyl halides is 1. The molecule has 1 aliphatic rings. The standard InChI is InChI=1S/C6H12FIN2/c1-5-6(4-7)9-2-3-10(5)8/h5-6,9H,2-4H2,1H3. The van der Waals surface area contributed by atoms with E-state index < -0.39 is 0 Å². The normalized spacial score (nSPS) is 36.3. The molecule has 1 N–H and O–H groups in total. The van der Waals surface area contributed by atoms with E-state index >= 15 is 0 Å². The molecule has 0 amide bonds. The van der Waals surface area contributed by atoms with Gasteiger partial charge in [0.1, 0.15) is 6.67 Å². The third-order valence-corrected chi connectivity index (χ3v) is 3.28. The third kappa shape index (κ3) is 1.79. The quantitative estimate of drug-likeness (QED) is 0.557. The van der Waals surface area contributed by atoms with Crippen LogP contribution in [0.3, 0.4) is 0 Å². The van der Waals surface area contributed by atoms with Gasteiger partial charge < -0.3 is 5.32 Å². The topological polar surface area (TPSA) is 15.3 Å². The molecule has 1 aliphatic heterocycles. The summed E-state index contributed by atoms with van der Waals surface area (Å²) in [5.74, 6) is 0. The van der Waals surface area contributed by atoms with E-state index in [0.717, 1.165) is 13.1 Å². The van der Waals surface area contributed by atoms with Gasteiger partial charge in [-0.2, -0.15) is 0 Å². The van der Waals surface area contributed by atoms with Gasteiger partial charge in [-0.05, 0) is 6.92 Å². The SMILES string of the molecule is CC1C(CF)NCCN1I. The molecule has 0 saturated carbocycles. The Balaban J connectivity index is 2.42. The summed E-state index contributed by atoms with van der Waals surface area (Å²) >= 11 is 2.25. The lowest BCUT2D eigenvalue weighted by molar-refractivity contribution is 0.222. The summed E-state index contributed by atoms with van der Waals surface area (Å²) in [5, 5.41) is 3.13. The number of nitrogens with one attached hydrogen (secondary N) is 1. The Morgan fingerprint density at radius 1 is 1.80 bits per heavy atom. The second kappa shape index (κ2) is 3.82. The largest absolute Gasteiger partial charge is 0.309 e. The zero-order valence-corrected chi connectivity index (χ0v) is 8.14. The molecule has 1 rings (SSSR count). The molecule has 10 heavy (non-hydrogen) atoms. The zero-order valence-electron chi connectivity index (χ0n) is 5.98. The van der Waals surface area contributed by atoms with E-state index in [1.54, 1.807) is 0 Å². The van der Waals surface area contributed by atoms with E-state index in [-0.39, 0.29) is 12.7 Å².